The Balaban J connectivity index is 1.60. The summed E-state index contributed by atoms with van der Waals surface area (Å²) >= 11 is 0. The molecular formula is C30H48O3. The van der Waals surface area contributed by atoms with Gasteiger partial charge in [-0.3, -0.25) is 4.79 Å². The quantitative estimate of drug-likeness (QED) is 0.409. The number of aliphatic hydroxyl groups excluding tert-OH is 1. The van der Waals surface area contributed by atoms with Crippen LogP contribution in [0.3, 0.4) is 0 Å². The maximum absolute atomic E-state index is 12.8. The molecule has 5 aliphatic carbocycles. The highest BCUT2D eigenvalue weighted by molar-refractivity contribution is 5.76. The molecule has 0 saturated heterocycles. The van der Waals surface area contributed by atoms with Crippen molar-refractivity contribution in [2.75, 3.05) is 0 Å². The third kappa shape index (κ3) is 2.87. The Bertz CT molecular complexity index is 885. The summed E-state index contributed by atoms with van der Waals surface area (Å²) in [5.41, 5.74) is 1.68. The summed E-state index contributed by atoms with van der Waals surface area (Å²) in [5, 5.41) is 21.4. The number of fused-ring (bicyclic) bond motifs is 7. The molecule has 0 amide bonds. The summed E-state index contributed by atoms with van der Waals surface area (Å²) in [6, 6.07) is 0. The van der Waals surface area contributed by atoms with Gasteiger partial charge in [0.1, 0.15) is 0 Å². The predicted molar refractivity (Wildman–Crippen MR) is 133 cm³/mol. The second-order valence-electron chi connectivity index (χ2n) is 15.1. The fourth-order valence-corrected chi connectivity index (χ4v) is 10.6. The number of carbonyl (C=O) groups is 1. The van der Waals surface area contributed by atoms with Crippen LogP contribution in [0.1, 0.15) is 113 Å². The molecular weight excluding hydrogens is 408 g/mol. The van der Waals surface area contributed by atoms with Crippen molar-refractivity contribution in [3.05, 3.63) is 11.6 Å². The minimum absolute atomic E-state index is 0.0301. The van der Waals surface area contributed by atoms with Crippen molar-refractivity contribution in [1.29, 1.82) is 0 Å². The smallest absolute Gasteiger partial charge is 0.310 e. The summed E-state index contributed by atoms with van der Waals surface area (Å²) in [7, 11) is 0. The van der Waals surface area contributed by atoms with E-state index in [1.807, 2.05) is 0 Å². The lowest BCUT2D eigenvalue weighted by Crippen LogP contribution is -2.65. The van der Waals surface area contributed by atoms with Crippen LogP contribution in [0.25, 0.3) is 0 Å². The molecule has 0 aromatic heterocycles. The van der Waals surface area contributed by atoms with E-state index < -0.39 is 11.4 Å². The van der Waals surface area contributed by atoms with Crippen LogP contribution in [0.4, 0.5) is 0 Å². The minimum atomic E-state index is -0.553. The van der Waals surface area contributed by atoms with Gasteiger partial charge in [-0.15, -0.1) is 0 Å². The fourth-order valence-electron chi connectivity index (χ4n) is 10.6. The van der Waals surface area contributed by atoms with Crippen LogP contribution in [0.15, 0.2) is 11.6 Å². The zero-order valence-electron chi connectivity index (χ0n) is 22.3. The normalized spacial score (nSPS) is 52.4. The van der Waals surface area contributed by atoms with Gasteiger partial charge in [0.2, 0.25) is 0 Å². The SMILES string of the molecule is CC1(C)CC[C@]2(C(=O)O)CC[C@]3(C)C(=CC[C@H]4[C@@]5(C)CC[C@@H](O)C(C)(C)[C@@H]5CC[C@]43C)[C@@H]2C1. The molecule has 8 atom stereocenters. The molecule has 0 spiro atoms. The number of carboxylic acid groups (broad SMARTS) is 1. The molecule has 4 fully saturated rings. The van der Waals surface area contributed by atoms with Crippen LogP contribution in [0, 0.1) is 50.2 Å². The Morgan fingerprint density at radius 1 is 0.879 bits per heavy atom. The van der Waals surface area contributed by atoms with Crippen molar-refractivity contribution in [3.63, 3.8) is 0 Å². The van der Waals surface area contributed by atoms with Crippen LogP contribution in [-0.2, 0) is 4.79 Å². The fraction of sp³-hybridized carbons (Fsp3) is 0.900. The van der Waals surface area contributed by atoms with E-state index in [1.165, 1.54) is 18.4 Å². The Morgan fingerprint density at radius 3 is 2.21 bits per heavy atom. The molecule has 5 aliphatic rings. The van der Waals surface area contributed by atoms with Crippen LogP contribution in [0.5, 0.6) is 0 Å². The highest BCUT2D eigenvalue weighted by atomic mass is 16.4. The van der Waals surface area contributed by atoms with Crippen molar-refractivity contribution in [2.45, 2.75) is 119 Å². The van der Waals surface area contributed by atoms with E-state index in [0.717, 1.165) is 51.4 Å². The summed E-state index contributed by atoms with van der Waals surface area (Å²) < 4.78 is 0. The summed E-state index contributed by atoms with van der Waals surface area (Å²) in [5.74, 6) is 0.807. The Hall–Kier alpha value is -0.830. The standard InChI is InChI=1S/C30H48O3/c1-25(2)14-16-30(24(32)33)17-15-28(6)19(20(30)18-25)8-9-22-27(5)12-11-23(31)26(3,4)21(27)10-13-29(22,28)7/h8,20-23,31H,9-18H2,1-7H3,(H,32,33)/t20-,21-,22-,23+,27-,28+,29+,30-/m0/s1. The lowest BCUT2D eigenvalue weighted by Gasteiger charge is -2.71. The Labute approximate surface area is 201 Å². The third-order valence-electron chi connectivity index (χ3n) is 13.0. The molecule has 0 aliphatic heterocycles. The van der Waals surface area contributed by atoms with E-state index in [-0.39, 0.29) is 39.1 Å². The number of aliphatic hydroxyl groups is 1. The van der Waals surface area contributed by atoms with E-state index in [4.69, 9.17) is 0 Å². The van der Waals surface area contributed by atoms with Gasteiger partial charge >= 0.3 is 5.97 Å². The maximum atomic E-state index is 12.8. The number of rotatable bonds is 1. The minimum Gasteiger partial charge on any atom is -0.481 e. The molecule has 33 heavy (non-hydrogen) atoms. The van der Waals surface area contributed by atoms with Gasteiger partial charge in [-0.1, -0.05) is 60.1 Å². The van der Waals surface area contributed by atoms with Gasteiger partial charge < -0.3 is 10.2 Å². The Morgan fingerprint density at radius 2 is 1.55 bits per heavy atom. The average Bonchev–Trinajstić information content (AvgIpc) is 2.71. The van der Waals surface area contributed by atoms with Crippen LogP contribution < -0.4 is 0 Å². The molecule has 0 heterocycles. The van der Waals surface area contributed by atoms with E-state index in [0.29, 0.717) is 11.8 Å². The van der Waals surface area contributed by atoms with Crippen LogP contribution in [0.2, 0.25) is 0 Å². The van der Waals surface area contributed by atoms with E-state index >= 15 is 0 Å². The lowest BCUT2D eigenvalue weighted by molar-refractivity contribution is -0.205. The first kappa shape index (κ1) is 23.9. The number of hydrogen-bond acceptors (Lipinski definition) is 2. The van der Waals surface area contributed by atoms with Gasteiger partial charge in [-0.2, -0.15) is 0 Å². The van der Waals surface area contributed by atoms with Gasteiger partial charge in [0.05, 0.1) is 11.5 Å². The van der Waals surface area contributed by atoms with Gasteiger partial charge in [-0.05, 0) is 109 Å². The number of carboxylic acids is 1. The van der Waals surface area contributed by atoms with Gasteiger partial charge in [0.15, 0.2) is 0 Å². The average molecular weight is 457 g/mol. The molecule has 186 valence electrons. The topological polar surface area (TPSA) is 57.5 Å². The first-order chi connectivity index (χ1) is 15.1. The predicted octanol–water partition coefficient (Wildman–Crippen LogP) is 7.23. The zero-order valence-corrected chi connectivity index (χ0v) is 22.3. The summed E-state index contributed by atoms with van der Waals surface area (Å²) in [4.78, 5) is 12.8. The molecule has 3 nitrogen and oxygen atoms in total. The molecule has 4 saturated carbocycles. The molecule has 0 bridgehead atoms. The molecule has 0 unspecified atom stereocenters. The van der Waals surface area contributed by atoms with Crippen molar-refractivity contribution in [1.82, 2.24) is 0 Å². The second kappa shape index (κ2) is 6.89. The van der Waals surface area contributed by atoms with Crippen LogP contribution >= 0.6 is 0 Å². The summed E-state index contributed by atoms with van der Waals surface area (Å²) in [6.45, 7) is 16.9. The first-order valence-electron chi connectivity index (χ1n) is 13.8. The molecule has 0 aromatic rings. The number of aliphatic carboxylic acids is 1. The highest BCUT2D eigenvalue weighted by Crippen LogP contribution is 2.75. The first-order valence-corrected chi connectivity index (χ1v) is 13.8. The van der Waals surface area contributed by atoms with Gasteiger partial charge in [0, 0.05) is 0 Å². The molecule has 0 aromatic carbocycles. The number of allylic oxidation sites excluding steroid dienone is 2. The summed E-state index contributed by atoms with van der Waals surface area (Å²) in [6.07, 6.45) is 12.6. The second-order valence-corrected chi connectivity index (χ2v) is 15.1. The monoisotopic (exact) mass is 456 g/mol. The lowest BCUT2D eigenvalue weighted by atomic mass is 9.33. The van der Waals surface area contributed by atoms with E-state index in [1.54, 1.807) is 0 Å². The van der Waals surface area contributed by atoms with Crippen molar-refractivity contribution in [2.24, 2.45) is 50.2 Å². The molecule has 5 rings (SSSR count). The highest BCUT2D eigenvalue weighted by Gasteiger charge is 2.69. The zero-order chi connectivity index (χ0) is 24.2. The maximum Gasteiger partial charge on any atom is 0.310 e. The van der Waals surface area contributed by atoms with Gasteiger partial charge in [0.25, 0.3) is 0 Å². The third-order valence-corrected chi connectivity index (χ3v) is 13.0. The van der Waals surface area contributed by atoms with E-state index in [2.05, 4.69) is 54.5 Å². The van der Waals surface area contributed by atoms with Crippen molar-refractivity contribution < 1.29 is 15.0 Å². The van der Waals surface area contributed by atoms with Gasteiger partial charge in [-0.25, -0.2) is 0 Å². The Kier molecular flexibility index (Phi) is 4.99. The molecule has 0 radical (unpaired) electrons. The van der Waals surface area contributed by atoms with Crippen molar-refractivity contribution >= 4 is 5.97 Å². The largest absolute Gasteiger partial charge is 0.481 e. The van der Waals surface area contributed by atoms with Crippen LogP contribution in [-0.4, -0.2) is 22.3 Å². The molecule has 2 N–H and O–H groups in total. The van der Waals surface area contributed by atoms with Crippen molar-refractivity contribution in [3.8, 4) is 0 Å². The molecule has 3 heteroatoms. The number of hydrogen-bond donors (Lipinski definition) is 2. The van der Waals surface area contributed by atoms with E-state index in [9.17, 15) is 15.0 Å².